The van der Waals surface area contributed by atoms with Crippen LogP contribution in [0.3, 0.4) is 0 Å². The van der Waals surface area contributed by atoms with E-state index in [-0.39, 0.29) is 11.7 Å². The van der Waals surface area contributed by atoms with Crippen LogP contribution in [-0.2, 0) is 0 Å². The second-order valence-electron chi connectivity index (χ2n) is 3.64. The van der Waals surface area contributed by atoms with E-state index in [1.54, 1.807) is 0 Å². The summed E-state index contributed by atoms with van der Waals surface area (Å²) in [6.45, 7) is 4.01. The third-order valence-electron chi connectivity index (χ3n) is 2.25. The van der Waals surface area contributed by atoms with E-state index in [0.717, 1.165) is 0 Å². The van der Waals surface area contributed by atoms with Crippen LogP contribution < -0.4 is 10.6 Å². The van der Waals surface area contributed by atoms with Crippen LogP contribution in [0, 0.1) is 12.3 Å². The topological polar surface area (TPSA) is 72.1 Å². The number of anilines is 1. The molecule has 0 bridgehead atoms. The van der Waals surface area contributed by atoms with E-state index in [1.165, 1.54) is 6.20 Å². The van der Waals surface area contributed by atoms with E-state index >= 15 is 0 Å². The molecular formula is C11H14N4O. The minimum atomic E-state index is -0.636. The largest absolute Gasteiger partial charge is 0.364 e. The molecule has 2 N–H and O–H groups in total. The molecule has 0 saturated carbocycles. The maximum Gasteiger partial charge on any atom is 0.268 e. The Hall–Kier alpha value is -2.09. The van der Waals surface area contributed by atoms with Crippen molar-refractivity contribution in [3.05, 3.63) is 17.6 Å². The Morgan fingerprint density at radius 2 is 2.25 bits per heavy atom. The Kier molecular flexibility index (Phi) is 3.46. The van der Waals surface area contributed by atoms with Gasteiger partial charge in [0.25, 0.3) is 5.91 Å². The molecule has 0 saturated heterocycles. The third-order valence-corrected chi connectivity index (χ3v) is 2.25. The zero-order valence-corrected chi connectivity index (χ0v) is 9.56. The summed E-state index contributed by atoms with van der Waals surface area (Å²) >= 11 is 0. The van der Waals surface area contributed by atoms with Gasteiger partial charge >= 0.3 is 0 Å². The smallest absolute Gasteiger partial charge is 0.268 e. The molecule has 0 atom stereocenters. The van der Waals surface area contributed by atoms with Gasteiger partial charge in [0.05, 0.1) is 6.20 Å². The predicted molar refractivity (Wildman–Crippen MR) is 62.0 cm³/mol. The number of amides is 1. The lowest BCUT2D eigenvalue weighted by atomic mass is 10.3. The minimum absolute atomic E-state index is 0.0776. The summed E-state index contributed by atoms with van der Waals surface area (Å²) in [4.78, 5) is 20.9. The fourth-order valence-electron chi connectivity index (χ4n) is 1.10. The summed E-state index contributed by atoms with van der Waals surface area (Å²) in [7, 11) is 1.86. The van der Waals surface area contributed by atoms with Gasteiger partial charge in [-0.3, -0.25) is 4.79 Å². The highest BCUT2D eigenvalue weighted by atomic mass is 16.1. The fourth-order valence-corrected chi connectivity index (χ4v) is 1.10. The average molecular weight is 218 g/mol. The molecule has 0 aliphatic carbocycles. The first kappa shape index (κ1) is 12.0. The zero-order valence-electron chi connectivity index (χ0n) is 9.56. The van der Waals surface area contributed by atoms with E-state index in [9.17, 15) is 4.79 Å². The molecule has 1 amide bonds. The van der Waals surface area contributed by atoms with Crippen LogP contribution in [0.1, 0.15) is 30.0 Å². The number of nitrogens with zero attached hydrogens (tertiary/aromatic N) is 3. The van der Waals surface area contributed by atoms with Crippen molar-refractivity contribution in [1.29, 1.82) is 0 Å². The molecule has 0 aliphatic rings. The Labute approximate surface area is 94.7 Å². The maximum absolute atomic E-state index is 10.9. The van der Waals surface area contributed by atoms with E-state index in [2.05, 4.69) is 15.9 Å². The van der Waals surface area contributed by atoms with Crippen molar-refractivity contribution in [3.63, 3.8) is 0 Å². The van der Waals surface area contributed by atoms with Gasteiger partial charge in [-0.25, -0.2) is 9.97 Å². The highest BCUT2D eigenvalue weighted by molar-refractivity contribution is 5.90. The molecule has 0 aliphatic heterocycles. The van der Waals surface area contributed by atoms with Gasteiger partial charge in [0.15, 0.2) is 11.5 Å². The molecular weight excluding hydrogens is 204 g/mol. The normalized spacial score (nSPS) is 9.94. The number of rotatable bonds is 3. The van der Waals surface area contributed by atoms with Gasteiger partial charge in [-0.1, -0.05) is 0 Å². The van der Waals surface area contributed by atoms with Crippen molar-refractivity contribution in [1.82, 2.24) is 9.97 Å². The molecule has 84 valence electrons. The van der Waals surface area contributed by atoms with E-state index in [1.807, 2.05) is 25.8 Å². The molecule has 1 rings (SSSR count). The summed E-state index contributed by atoms with van der Waals surface area (Å²) in [6, 6.07) is 0.237. The lowest BCUT2D eigenvalue weighted by molar-refractivity contribution is 0.0995. The van der Waals surface area contributed by atoms with Gasteiger partial charge in [-0.15, -0.1) is 6.42 Å². The van der Waals surface area contributed by atoms with Crippen molar-refractivity contribution in [2.75, 3.05) is 11.9 Å². The standard InChI is InChI=1S/C11H14N4O/c1-5-8-11(15(4)7(2)3)13-6-9(14-8)10(12)16/h1,6-7H,2-4H3,(H2,12,16). The Balaban J connectivity index is 3.23. The summed E-state index contributed by atoms with van der Waals surface area (Å²) < 4.78 is 0. The first-order chi connectivity index (χ1) is 7.47. The van der Waals surface area contributed by atoms with Gasteiger partial charge in [0, 0.05) is 13.1 Å². The van der Waals surface area contributed by atoms with Crippen LogP contribution >= 0.6 is 0 Å². The number of terminal acetylenes is 1. The average Bonchev–Trinajstić information content (AvgIpc) is 2.26. The number of carbonyl (C=O) groups is 1. The molecule has 1 aromatic rings. The van der Waals surface area contributed by atoms with Crippen molar-refractivity contribution in [2.24, 2.45) is 5.73 Å². The number of hydrogen-bond acceptors (Lipinski definition) is 4. The first-order valence-corrected chi connectivity index (χ1v) is 4.83. The van der Waals surface area contributed by atoms with Gasteiger partial charge in [0.2, 0.25) is 0 Å². The SMILES string of the molecule is C#Cc1nc(C(N)=O)cnc1N(C)C(C)C. The van der Waals surface area contributed by atoms with Crippen molar-refractivity contribution >= 4 is 11.7 Å². The Bertz CT molecular complexity index is 448. The van der Waals surface area contributed by atoms with Crippen LogP contribution in [0.25, 0.3) is 0 Å². The van der Waals surface area contributed by atoms with E-state index < -0.39 is 5.91 Å². The molecule has 0 aromatic carbocycles. The Morgan fingerprint density at radius 1 is 1.62 bits per heavy atom. The number of hydrogen-bond donors (Lipinski definition) is 1. The van der Waals surface area contributed by atoms with Crippen molar-refractivity contribution < 1.29 is 4.79 Å². The lowest BCUT2D eigenvalue weighted by Gasteiger charge is -2.23. The van der Waals surface area contributed by atoms with Crippen LogP contribution in [0.2, 0.25) is 0 Å². The molecule has 16 heavy (non-hydrogen) atoms. The van der Waals surface area contributed by atoms with E-state index in [4.69, 9.17) is 12.2 Å². The van der Waals surface area contributed by atoms with Gasteiger partial charge in [-0.2, -0.15) is 0 Å². The molecule has 1 aromatic heterocycles. The predicted octanol–water partition coefficient (Wildman–Crippen LogP) is 0.401. The molecule has 0 unspecified atom stereocenters. The second kappa shape index (κ2) is 4.62. The number of nitrogens with two attached hydrogens (primary N) is 1. The second-order valence-corrected chi connectivity index (χ2v) is 3.64. The van der Waals surface area contributed by atoms with Crippen LogP contribution in [0.5, 0.6) is 0 Å². The molecule has 1 heterocycles. The maximum atomic E-state index is 10.9. The Morgan fingerprint density at radius 3 is 2.69 bits per heavy atom. The lowest BCUT2D eigenvalue weighted by Crippen LogP contribution is -2.28. The third kappa shape index (κ3) is 2.28. The first-order valence-electron chi connectivity index (χ1n) is 4.83. The van der Waals surface area contributed by atoms with Crippen molar-refractivity contribution in [3.8, 4) is 12.3 Å². The van der Waals surface area contributed by atoms with Crippen molar-refractivity contribution in [2.45, 2.75) is 19.9 Å². The van der Waals surface area contributed by atoms with E-state index in [0.29, 0.717) is 11.5 Å². The monoisotopic (exact) mass is 218 g/mol. The molecule has 5 nitrogen and oxygen atoms in total. The van der Waals surface area contributed by atoms with Crippen LogP contribution in [-0.4, -0.2) is 29.0 Å². The number of primary amides is 1. The quantitative estimate of drug-likeness (QED) is 0.745. The molecule has 0 fully saturated rings. The zero-order chi connectivity index (χ0) is 12.3. The molecule has 5 heteroatoms. The molecule has 0 spiro atoms. The van der Waals surface area contributed by atoms with Crippen LogP contribution in [0.15, 0.2) is 6.20 Å². The highest BCUT2D eigenvalue weighted by Crippen LogP contribution is 2.15. The fraction of sp³-hybridized carbons (Fsp3) is 0.364. The number of aromatic nitrogens is 2. The minimum Gasteiger partial charge on any atom is -0.364 e. The summed E-state index contributed by atoms with van der Waals surface area (Å²) in [5.41, 5.74) is 5.50. The van der Waals surface area contributed by atoms with Gasteiger partial charge in [0.1, 0.15) is 5.69 Å². The molecule has 0 radical (unpaired) electrons. The highest BCUT2D eigenvalue weighted by Gasteiger charge is 2.14. The van der Waals surface area contributed by atoms with Gasteiger partial charge in [-0.05, 0) is 19.8 Å². The van der Waals surface area contributed by atoms with Crippen LogP contribution in [0.4, 0.5) is 5.82 Å². The summed E-state index contributed by atoms with van der Waals surface area (Å²) in [5.74, 6) is 2.34. The summed E-state index contributed by atoms with van der Waals surface area (Å²) in [5, 5.41) is 0. The summed E-state index contributed by atoms with van der Waals surface area (Å²) in [6.07, 6.45) is 6.66. The number of carbonyl (C=O) groups excluding carboxylic acids is 1. The van der Waals surface area contributed by atoms with Gasteiger partial charge < -0.3 is 10.6 Å².